The van der Waals surface area contributed by atoms with Gasteiger partial charge in [0.15, 0.2) is 16.4 Å². The van der Waals surface area contributed by atoms with Gasteiger partial charge in [-0.2, -0.15) is 0 Å². The van der Waals surface area contributed by atoms with Crippen molar-refractivity contribution in [1.82, 2.24) is 4.90 Å². The van der Waals surface area contributed by atoms with Crippen LogP contribution in [0.1, 0.15) is 32.1 Å². The van der Waals surface area contributed by atoms with Crippen molar-refractivity contribution in [2.75, 3.05) is 18.1 Å². The zero-order chi connectivity index (χ0) is 18.7. The van der Waals surface area contributed by atoms with E-state index in [2.05, 4.69) is 0 Å². The molecule has 1 aliphatic carbocycles. The van der Waals surface area contributed by atoms with Crippen LogP contribution < -0.4 is 4.74 Å². The average Bonchev–Trinajstić information content (AvgIpc) is 3.24. The Hall–Kier alpha value is -2.16. The van der Waals surface area contributed by atoms with Crippen LogP contribution >= 0.6 is 0 Å². The number of nitrogens with zero attached hydrogens (tertiary/aromatic N) is 2. The van der Waals surface area contributed by atoms with E-state index in [0.29, 0.717) is 12.2 Å². The molecule has 0 radical (unpaired) electrons. The van der Waals surface area contributed by atoms with Crippen LogP contribution in [0.25, 0.3) is 0 Å². The summed E-state index contributed by atoms with van der Waals surface area (Å²) < 4.78 is 29.1. The number of benzene rings is 1. The van der Waals surface area contributed by atoms with E-state index in [1.54, 1.807) is 4.90 Å². The van der Waals surface area contributed by atoms with Crippen LogP contribution in [0.15, 0.2) is 24.3 Å². The third-order valence-corrected chi connectivity index (χ3v) is 6.77. The third kappa shape index (κ3) is 4.32. The molecule has 1 aromatic rings. The van der Waals surface area contributed by atoms with Crippen LogP contribution in [0.4, 0.5) is 5.69 Å². The largest absolute Gasteiger partial charge is 0.484 e. The lowest BCUT2D eigenvalue weighted by molar-refractivity contribution is -0.384. The van der Waals surface area contributed by atoms with Crippen LogP contribution in [0.2, 0.25) is 0 Å². The molecule has 0 aromatic heterocycles. The van der Waals surface area contributed by atoms with E-state index in [1.807, 2.05) is 0 Å². The fourth-order valence-electron chi connectivity index (χ4n) is 3.77. The SMILES string of the molecule is O=C(COc1ccc([N+](=O)[O-])cc1)N(C1CCCC1)[C@H]1CCS(=O)(=O)C1. The fraction of sp³-hybridized carbons (Fsp3) is 0.588. The molecular formula is C17H22N2O6S. The summed E-state index contributed by atoms with van der Waals surface area (Å²) in [6.45, 7) is -0.204. The monoisotopic (exact) mass is 382 g/mol. The highest BCUT2D eigenvalue weighted by Gasteiger charge is 2.39. The van der Waals surface area contributed by atoms with Crippen LogP contribution in [0, 0.1) is 10.1 Å². The summed E-state index contributed by atoms with van der Waals surface area (Å²) in [5.41, 5.74) is -0.0487. The summed E-state index contributed by atoms with van der Waals surface area (Å²) in [5.74, 6) is 0.288. The normalized spacial score (nSPS) is 22.2. The molecule has 0 unspecified atom stereocenters. The first-order valence-corrected chi connectivity index (χ1v) is 10.6. The molecule has 142 valence electrons. The van der Waals surface area contributed by atoms with E-state index in [-0.39, 0.29) is 41.8 Å². The summed E-state index contributed by atoms with van der Waals surface area (Å²) in [4.78, 5) is 24.7. The van der Waals surface area contributed by atoms with E-state index in [1.165, 1.54) is 24.3 Å². The van der Waals surface area contributed by atoms with Crippen molar-refractivity contribution in [3.8, 4) is 5.75 Å². The Bertz CT molecular complexity index is 771. The Morgan fingerprint density at radius 1 is 1.15 bits per heavy atom. The van der Waals surface area contributed by atoms with Gasteiger partial charge in [-0.05, 0) is 31.4 Å². The predicted octanol–water partition coefficient (Wildman–Crippen LogP) is 1.93. The predicted molar refractivity (Wildman–Crippen MR) is 94.8 cm³/mol. The lowest BCUT2D eigenvalue weighted by Crippen LogP contribution is -2.48. The van der Waals surface area contributed by atoms with Gasteiger partial charge < -0.3 is 9.64 Å². The number of hydrogen-bond donors (Lipinski definition) is 0. The van der Waals surface area contributed by atoms with Gasteiger partial charge in [-0.25, -0.2) is 8.42 Å². The van der Waals surface area contributed by atoms with E-state index in [9.17, 15) is 23.3 Å². The molecule has 9 heteroatoms. The Balaban J connectivity index is 1.66. The molecule has 1 atom stereocenters. The minimum Gasteiger partial charge on any atom is -0.484 e. The zero-order valence-electron chi connectivity index (χ0n) is 14.4. The van der Waals surface area contributed by atoms with E-state index >= 15 is 0 Å². The van der Waals surface area contributed by atoms with Crippen LogP contribution in [0.5, 0.6) is 5.75 Å². The maximum atomic E-state index is 12.8. The standard InChI is InChI=1S/C17H22N2O6S/c20-17(11-25-16-7-5-14(6-8-16)19(21)22)18(13-3-1-2-4-13)15-9-10-26(23,24)12-15/h5-8,13,15H,1-4,9-12H2/t15-/m0/s1. The van der Waals surface area contributed by atoms with Crippen molar-refractivity contribution in [3.05, 3.63) is 34.4 Å². The number of nitro groups is 1. The molecule has 0 bridgehead atoms. The highest BCUT2D eigenvalue weighted by Crippen LogP contribution is 2.29. The van der Waals surface area contributed by atoms with Crippen molar-refractivity contribution in [1.29, 1.82) is 0 Å². The molecule has 2 fully saturated rings. The highest BCUT2D eigenvalue weighted by atomic mass is 32.2. The van der Waals surface area contributed by atoms with Gasteiger partial charge in [-0.3, -0.25) is 14.9 Å². The van der Waals surface area contributed by atoms with Gasteiger partial charge in [0.25, 0.3) is 11.6 Å². The number of rotatable bonds is 6. The first-order chi connectivity index (χ1) is 12.4. The maximum Gasteiger partial charge on any atom is 0.269 e. The van der Waals surface area contributed by atoms with Gasteiger partial charge in [0.1, 0.15) is 5.75 Å². The first kappa shape index (κ1) is 18.6. The quantitative estimate of drug-likeness (QED) is 0.550. The summed E-state index contributed by atoms with van der Waals surface area (Å²) in [7, 11) is -3.08. The zero-order valence-corrected chi connectivity index (χ0v) is 15.2. The summed E-state index contributed by atoms with van der Waals surface area (Å²) >= 11 is 0. The summed E-state index contributed by atoms with van der Waals surface area (Å²) in [5, 5.41) is 10.7. The lowest BCUT2D eigenvalue weighted by Gasteiger charge is -2.34. The third-order valence-electron chi connectivity index (χ3n) is 5.02. The molecule has 1 heterocycles. The summed E-state index contributed by atoms with van der Waals surface area (Å²) in [6, 6.07) is 5.32. The molecular weight excluding hydrogens is 360 g/mol. The van der Waals surface area contributed by atoms with E-state index in [0.717, 1.165) is 25.7 Å². The average molecular weight is 382 g/mol. The number of carbonyl (C=O) groups is 1. The van der Waals surface area contributed by atoms with Crippen LogP contribution in [0.3, 0.4) is 0 Å². The maximum absolute atomic E-state index is 12.8. The number of sulfone groups is 1. The minimum atomic E-state index is -3.08. The molecule has 1 aliphatic heterocycles. The van der Waals surface area contributed by atoms with Gasteiger partial charge in [0.05, 0.1) is 16.4 Å². The van der Waals surface area contributed by atoms with Crippen molar-refractivity contribution < 1.29 is 22.9 Å². The second-order valence-corrected chi connectivity index (χ2v) is 9.06. The Morgan fingerprint density at radius 3 is 2.35 bits per heavy atom. The fourth-order valence-corrected chi connectivity index (χ4v) is 5.48. The van der Waals surface area contributed by atoms with Crippen molar-refractivity contribution in [2.45, 2.75) is 44.2 Å². The summed E-state index contributed by atoms with van der Waals surface area (Å²) in [6.07, 6.45) is 4.33. The number of ether oxygens (including phenoxy) is 1. The van der Waals surface area contributed by atoms with Gasteiger partial charge in [-0.1, -0.05) is 12.8 Å². The van der Waals surface area contributed by atoms with Gasteiger partial charge in [0.2, 0.25) is 0 Å². The van der Waals surface area contributed by atoms with E-state index < -0.39 is 14.8 Å². The molecule has 0 spiro atoms. The Kier molecular flexibility index (Phi) is 5.45. The first-order valence-electron chi connectivity index (χ1n) is 8.74. The number of carbonyl (C=O) groups excluding carboxylic acids is 1. The lowest BCUT2D eigenvalue weighted by atomic mass is 10.1. The molecule has 1 saturated heterocycles. The smallest absolute Gasteiger partial charge is 0.269 e. The topological polar surface area (TPSA) is 107 Å². The number of amides is 1. The number of non-ortho nitro benzene ring substituents is 1. The molecule has 3 rings (SSSR count). The van der Waals surface area contributed by atoms with Gasteiger partial charge >= 0.3 is 0 Å². The molecule has 1 saturated carbocycles. The van der Waals surface area contributed by atoms with Crippen molar-refractivity contribution in [2.24, 2.45) is 0 Å². The van der Waals surface area contributed by atoms with Crippen molar-refractivity contribution in [3.63, 3.8) is 0 Å². The number of hydrogen-bond acceptors (Lipinski definition) is 6. The van der Waals surface area contributed by atoms with E-state index in [4.69, 9.17) is 4.74 Å². The highest BCUT2D eigenvalue weighted by molar-refractivity contribution is 7.91. The van der Waals surface area contributed by atoms with Crippen LogP contribution in [-0.4, -0.2) is 54.3 Å². The molecule has 1 amide bonds. The Morgan fingerprint density at radius 2 is 1.81 bits per heavy atom. The van der Waals surface area contributed by atoms with Crippen molar-refractivity contribution >= 4 is 21.4 Å². The molecule has 0 N–H and O–H groups in total. The molecule has 8 nitrogen and oxygen atoms in total. The second-order valence-electron chi connectivity index (χ2n) is 6.84. The second kappa shape index (κ2) is 7.61. The molecule has 26 heavy (non-hydrogen) atoms. The van der Waals surface area contributed by atoms with Crippen LogP contribution in [-0.2, 0) is 14.6 Å². The van der Waals surface area contributed by atoms with Gasteiger partial charge in [0, 0.05) is 24.2 Å². The minimum absolute atomic E-state index is 0.0206. The molecule has 2 aliphatic rings. The number of nitro benzene ring substituents is 1. The molecule has 1 aromatic carbocycles. The Labute approximate surface area is 152 Å². The van der Waals surface area contributed by atoms with Gasteiger partial charge in [-0.15, -0.1) is 0 Å².